The van der Waals surface area contributed by atoms with Crippen molar-refractivity contribution in [1.29, 1.82) is 0 Å². The fourth-order valence-corrected chi connectivity index (χ4v) is 3.85. The Balaban J connectivity index is 1.41. The lowest BCUT2D eigenvalue weighted by atomic mass is 10.0. The predicted octanol–water partition coefficient (Wildman–Crippen LogP) is 3.84. The molecule has 0 bridgehead atoms. The fraction of sp³-hybridized carbons (Fsp3) is 0.154. The number of aromatic nitrogens is 3. The van der Waals surface area contributed by atoms with Gasteiger partial charge in [0.2, 0.25) is 5.95 Å². The second kappa shape index (κ2) is 9.57. The molecular formula is C26H22N6O2. The summed E-state index contributed by atoms with van der Waals surface area (Å²) in [6, 6.07) is 17.3. The maximum absolute atomic E-state index is 11.6. The Morgan fingerprint density at radius 1 is 1.00 bits per heavy atom. The quantitative estimate of drug-likeness (QED) is 0.446. The van der Waals surface area contributed by atoms with Gasteiger partial charge in [0.05, 0.1) is 30.6 Å². The number of nitrogens with one attached hydrogen (secondary N) is 2. The third kappa shape index (κ3) is 4.65. The molecule has 1 aliphatic rings. The van der Waals surface area contributed by atoms with Crippen molar-refractivity contribution in [2.45, 2.75) is 0 Å². The van der Waals surface area contributed by atoms with Crippen molar-refractivity contribution in [3.63, 3.8) is 0 Å². The normalized spacial score (nSPS) is 13.3. The van der Waals surface area contributed by atoms with Gasteiger partial charge in [0.15, 0.2) is 0 Å². The van der Waals surface area contributed by atoms with E-state index in [1.54, 1.807) is 18.5 Å². The van der Waals surface area contributed by atoms with E-state index in [4.69, 9.17) is 16.1 Å². The molecule has 0 aliphatic carbocycles. The molecule has 0 atom stereocenters. The first-order valence-corrected chi connectivity index (χ1v) is 10.9. The van der Waals surface area contributed by atoms with Crippen LogP contribution in [0.5, 0.6) is 0 Å². The maximum atomic E-state index is 11.6. The number of fused-ring (bicyclic) bond motifs is 1. The van der Waals surface area contributed by atoms with Crippen molar-refractivity contribution in [1.82, 2.24) is 15.0 Å². The van der Waals surface area contributed by atoms with Crippen molar-refractivity contribution < 1.29 is 9.53 Å². The smallest absolute Gasteiger partial charge is 0.300 e. The number of hydrogen-bond donors (Lipinski definition) is 2. The number of carbonyl (C=O) groups is 1. The molecule has 1 aliphatic heterocycles. The summed E-state index contributed by atoms with van der Waals surface area (Å²) in [5, 5.41) is 6.83. The Morgan fingerprint density at radius 3 is 2.65 bits per heavy atom. The summed E-state index contributed by atoms with van der Waals surface area (Å²) in [6.45, 7) is 3.11. The van der Waals surface area contributed by atoms with Crippen LogP contribution in [-0.4, -0.2) is 47.2 Å². The fourth-order valence-electron chi connectivity index (χ4n) is 3.85. The third-order valence-electron chi connectivity index (χ3n) is 5.51. The Bertz CT molecular complexity index is 1370. The van der Waals surface area contributed by atoms with Crippen LogP contribution < -0.4 is 15.5 Å². The van der Waals surface area contributed by atoms with Crippen molar-refractivity contribution in [2.24, 2.45) is 0 Å². The van der Waals surface area contributed by atoms with Crippen LogP contribution in [0.2, 0.25) is 0 Å². The van der Waals surface area contributed by atoms with E-state index in [1.807, 2.05) is 48.5 Å². The number of benzene rings is 2. The molecule has 8 nitrogen and oxygen atoms in total. The van der Waals surface area contributed by atoms with Crippen molar-refractivity contribution in [3.05, 3.63) is 67.0 Å². The van der Waals surface area contributed by atoms with E-state index in [9.17, 15) is 4.79 Å². The van der Waals surface area contributed by atoms with Gasteiger partial charge in [-0.3, -0.25) is 4.79 Å². The zero-order valence-corrected chi connectivity index (χ0v) is 18.4. The van der Waals surface area contributed by atoms with Crippen LogP contribution in [0.15, 0.2) is 67.0 Å². The zero-order valence-electron chi connectivity index (χ0n) is 18.4. The first-order valence-electron chi connectivity index (χ1n) is 10.9. The molecule has 2 N–H and O–H groups in total. The molecule has 1 fully saturated rings. The van der Waals surface area contributed by atoms with Crippen LogP contribution in [-0.2, 0) is 9.53 Å². The van der Waals surface area contributed by atoms with Crippen LogP contribution in [0.1, 0.15) is 0 Å². The van der Waals surface area contributed by atoms with Gasteiger partial charge in [-0.15, -0.1) is 6.42 Å². The first kappa shape index (κ1) is 21.4. The Hall–Kier alpha value is -4.48. The van der Waals surface area contributed by atoms with E-state index < -0.39 is 5.91 Å². The molecule has 1 amide bonds. The number of ether oxygens (including phenoxy) is 1. The van der Waals surface area contributed by atoms with Crippen LogP contribution >= 0.6 is 0 Å². The highest BCUT2D eigenvalue weighted by molar-refractivity contribution is 6.04. The number of carbonyl (C=O) groups excluding carboxylic acids is 1. The molecule has 8 heteroatoms. The second-order valence-electron chi connectivity index (χ2n) is 7.75. The minimum absolute atomic E-state index is 0.470. The Kier molecular flexibility index (Phi) is 6.01. The number of anilines is 4. The standard InChI is InChI=1S/C26H22N6O2/c1-2-24(33)29-20-7-3-5-18(15-20)22-8-4-6-19-16-28-26(31-25(19)22)30-21-9-10-23(27-17-21)32-11-13-34-14-12-32/h1,3-10,15-17H,11-14H2,(H,29,33)(H,28,30,31). The second-order valence-corrected chi connectivity index (χ2v) is 7.75. The van der Waals surface area contributed by atoms with Gasteiger partial charge in [-0.1, -0.05) is 30.3 Å². The van der Waals surface area contributed by atoms with Gasteiger partial charge < -0.3 is 20.3 Å². The number of amides is 1. The van der Waals surface area contributed by atoms with E-state index in [0.717, 1.165) is 46.6 Å². The molecule has 0 spiro atoms. The molecule has 5 rings (SSSR count). The summed E-state index contributed by atoms with van der Waals surface area (Å²) >= 11 is 0. The number of morpholine rings is 1. The van der Waals surface area contributed by atoms with Gasteiger partial charge >= 0.3 is 0 Å². The monoisotopic (exact) mass is 450 g/mol. The predicted molar refractivity (Wildman–Crippen MR) is 133 cm³/mol. The van der Waals surface area contributed by atoms with Gasteiger partial charge in [-0.25, -0.2) is 15.0 Å². The summed E-state index contributed by atoms with van der Waals surface area (Å²) in [7, 11) is 0. The van der Waals surface area contributed by atoms with Gasteiger partial charge in [-0.2, -0.15) is 0 Å². The molecule has 0 unspecified atom stereocenters. The van der Waals surface area contributed by atoms with Gasteiger partial charge in [0.1, 0.15) is 5.82 Å². The summed E-state index contributed by atoms with van der Waals surface area (Å²) in [5.74, 6) is 2.97. The lowest BCUT2D eigenvalue weighted by molar-refractivity contribution is -0.111. The molecule has 2 aromatic heterocycles. The minimum Gasteiger partial charge on any atom is -0.378 e. The van der Waals surface area contributed by atoms with Crippen LogP contribution in [0.3, 0.4) is 0 Å². The number of nitrogens with zero attached hydrogens (tertiary/aromatic N) is 4. The van der Waals surface area contributed by atoms with Gasteiger partial charge in [0, 0.05) is 35.9 Å². The van der Waals surface area contributed by atoms with Crippen molar-refractivity contribution >= 4 is 40.0 Å². The topological polar surface area (TPSA) is 92.3 Å². The lowest BCUT2D eigenvalue weighted by Gasteiger charge is -2.27. The summed E-state index contributed by atoms with van der Waals surface area (Å²) in [4.78, 5) is 27.6. The van der Waals surface area contributed by atoms with Crippen LogP contribution in [0.4, 0.5) is 23.1 Å². The maximum Gasteiger partial charge on any atom is 0.300 e. The molecule has 0 saturated carbocycles. The third-order valence-corrected chi connectivity index (χ3v) is 5.51. The highest BCUT2D eigenvalue weighted by atomic mass is 16.5. The molecule has 4 aromatic rings. The van der Waals surface area contributed by atoms with E-state index in [0.29, 0.717) is 24.8 Å². The van der Waals surface area contributed by atoms with E-state index in [-0.39, 0.29) is 0 Å². The average Bonchev–Trinajstić information content (AvgIpc) is 2.89. The number of rotatable bonds is 5. The van der Waals surface area contributed by atoms with E-state index >= 15 is 0 Å². The van der Waals surface area contributed by atoms with Crippen LogP contribution in [0.25, 0.3) is 22.0 Å². The zero-order chi connectivity index (χ0) is 23.3. The summed E-state index contributed by atoms with van der Waals surface area (Å²) < 4.78 is 5.40. The first-order chi connectivity index (χ1) is 16.7. The van der Waals surface area contributed by atoms with Gasteiger partial charge in [-0.05, 0) is 35.7 Å². The number of hydrogen-bond acceptors (Lipinski definition) is 7. The van der Waals surface area contributed by atoms with E-state index in [2.05, 4.69) is 31.4 Å². The molecule has 0 radical (unpaired) electrons. The van der Waals surface area contributed by atoms with Crippen molar-refractivity contribution in [2.75, 3.05) is 41.8 Å². The molecule has 3 heterocycles. The molecule has 168 valence electrons. The van der Waals surface area contributed by atoms with Crippen LogP contribution in [0, 0.1) is 12.3 Å². The lowest BCUT2D eigenvalue weighted by Crippen LogP contribution is -2.36. The minimum atomic E-state index is -0.489. The SMILES string of the molecule is C#CC(=O)Nc1cccc(-c2cccc3cnc(Nc4ccc(N5CCOCC5)nc4)nc23)c1. The number of para-hydroxylation sites is 1. The number of terminal acetylenes is 1. The van der Waals surface area contributed by atoms with E-state index in [1.165, 1.54) is 0 Å². The highest BCUT2D eigenvalue weighted by Crippen LogP contribution is 2.30. The summed E-state index contributed by atoms with van der Waals surface area (Å²) in [5.41, 5.74) is 4.03. The Labute approximate surface area is 197 Å². The molecule has 34 heavy (non-hydrogen) atoms. The summed E-state index contributed by atoms with van der Waals surface area (Å²) in [6.07, 6.45) is 8.74. The largest absolute Gasteiger partial charge is 0.378 e. The average molecular weight is 451 g/mol. The molecular weight excluding hydrogens is 428 g/mol. The van der Waals surface area contributed by atoms with Crippen molar-refractivity contribution in [3.8, 4) is 23.5 Å². The van der Waals surface area contributed by atoms with Gasteiger partial charge in [0.25, 0.3) is 5.91 Å². The number of pyridine rings is 1. The molecule has 1 saturated heterocycles. The Morgan fingerprint density at radius 2 is 1.85 bits per heavy atom. The molecule has 2 aromatic carbocycles. The highest BCUT2D eigenvalue weighted by Gasteiger charge is 2.13.